The molecule has 1 N–H and O–H groups in total. The lowest BCUT2D eigenvalue weighted by molar-refractivity contribution is -0.124. The Balaban J connectivity index is 1.57. The Morgan fingerprint density at radius 2 is 1.77 bits per heavy atom. The normalized spacial score (nSPS) is 18.5. The number of hydrogen-bond acceptors (Lipinski definition) is 3. The van der Waals surface area contributed by atoms with Gasteiger partial charge in [-0.15, -0.1) is 0 Å². The topological polar surface area (TPSA) is 58.6 Å². The van der Waals surface area contributed by atoms with E-state index < -0.39 is 11.7 Å². The summed E-state index contributed by atoms with van der Waals surface area (Å²) in [6, 6.07) is 13.4. The van der Waals surface area contributed by atoms with Gasteiger partial charge >= 0.3 is 0 Å². The van der Waals surface area contributed by atoms with Gasteiger partial charge in [-0.3, -0.25) is 14.5 Å². The van der Waals surface area contributed by atoms with Gasteiger partial charge in [-0.05, 0) is 37.1 Å². The zero-order chi connectivity index (χ0) is 20.9. The molecule has 1 aliphatic heterocycles. The molecule has 1 aliphatic carbocycles. The molecule has 2 aromatic carbocycles. The Bertz CT molecular complexity index is 964. The van der Waals surface area contributed by atoms with E-state index in [1.165, 1.54) is 29.9 Å². The van der Waals surface area contributed by atoms with E-state index >= 15 is 0 Å². The van der Waals surface area contributed by atoms with Crippen LogP contribution in [0.25, 0.3) is 6.08 Å². The lowest BCUT2D eigenvalue weighted by Crippen LogP contribution is -2.46. The number of nitrogens with zero attached hydrogens (tertiary/aromatic N) is 1. The molecule has 1 heterocycles. The van der Waals surface area contributed by atoms with E-state index in [1.54, 1.807) is 42.5 Å². The van der Waals surface area contributed by atoms with Crippen LogP contribution in [-0.2, 0) is 9.59 Å². The summed E-state index contributed by atoms with van der Waals surface area (Å²) < 4.78 is 19.8. The van der Waals surface area contributed by atoms with Crippen molar-refractivity contribution in [2.45, 2.75) is 44.6 Å². The third-order valence-electron chi connectivity index (χ3n) is 5.55. The van der Waals surface area contributed by atoms with Crippen LogP contribution < -0.4 is 15.0 Å². The van der Waals surface area contributed by atoms with Crippen molar-refractivity contribution in [2.75, 3.05) is 11.4 Å². The van der Waals surface area contributed by atoms with E-state index in [4.69, 9.17) is 4.74 Å². The summed E-state index contributed by atoms with van der Waals surface area (Å²) >= 11 is 0. The number of carbonyl (C=O) groups is 2. The lowest BCUT2D eigenvalue weighted by Gasteiger charge is -2.30. The zero-order valence-corrected chi connectivity index (χ0v) is 16.8. The predicted octanol–water partition coefficient (Wildman–Crippen LogP) is 4.43. The molecule has 0 atom stereocenters. The summed E-state index contributed by atoms with van der Waals surface area (Å²) in [6.45, 7) is -0.107. The molecule has 156 valence electrons. The predicted molar refractivity (Wildman–Crippen MR) is 113 cm³/mol. The molecule has 0 unspecified atom stereocenters. The molecule has 0 radical (unpaired) electrons. The smallest absolute Gasteiger partial charge is 0.294 e. The second-order valence-corrected chi connectivity index (χ2v) is 7.75. The summed E-state index contributed by atoms with van der Waals surface area (Å²) in [5.74, 6) is -0.661. The van der Waals surface area contributed by atoms with Crippen LogP contribution in [0.3, 0.4) is 0 Å². The van der Waals surface area contributed by atoms with Crippen LogP contribution >= 0.6 is 0 Å². The van der Waals surface area contributed by atoms with Crippen molar-refractivity contribution in [1.82, 2.24) is 5.32 Å². The van der Waals surface area contributed by atoms with Gasteiger partial charge in [-0.25, -0.2) is 4.39 Å². The molecule has 2 aromatic rings. The van der Waals surface area contributed by atoms with E-state index in [0.29, 0.717) is 11.4 Å². The first-order valence-corrected chi connectivity index (χ1v) is 10.5. The highest BCUT2D eigenvalue weighted by Crippen LogP contribution is 2.35. The summed E-state index contributed by atoms with van der Waals surface area (Å²) in [7, 11) is 0. The van der Waals surface area contributed by atoms with Gasteiger partial charge in [0.25, 0.3) is 5.91 Å². The van der Waals surface area contributed by atoms with Crippen molar-refractivity contribution in [3.8, 4) is 5.75 Å². The molecule has 30 heavy (non-hydrogen) atoms. The number of carbonyl (C=O) groups excluding carboxylic acids is 2. The van der Waals surface area contributed by atoms with Gasteiger partial charge in [0.15, 0.2) is 11.5 Å². The van der Waals surface area contributed by atoms with Gasteiger partial charge in [0, 0.05) is 11.6 Å². The molecule has 2 aliphatic rings. The monoisotopic (exact) mass is 408 g/mol. The highest BCUT2D eigenvalue weighted by Gasteiger charge is 2.32. The number of anilines is 1. The number of nitrogens with one attached hydrogen (secondary N) is 1. The fraction of sp³-hybridized carbons (Fsp3) is 0.333. The number of fused-ring (bicyclic) bond motifs is 1. The van der Waals surface area contributed by atoms with E-state index in [1.807, 2.05) is 0 Å². The number of benzene rings is 2. The zero-order valence-electron chi connectivity index (χ0n) is 16.8. The van der Waals surface area contributed by atoms with Crippen LogP contribution in [0.4, 0.5) is 10.1 Å². The van der Waals surface area contributed by atoms with Gasteiger partial charge in [0.05, 0.1) is 5.69 Å². The molecule has 0 aromatic heterocycles. The van der Waals surface area contributed by atoms with E-state index in [0.717, 1.165) is 25.7 Å². The quantitative estimate of drug-likeness (QED) is 0.601. The largest absolute Gasteiger partial charge is 0.449 e. The number of ether oxygens (including phenoxy) is 1. The molecule has 1 fully saturated rings. The lowest BCUT2D eigenvalue weighted by atomic mass is 10.1. The first-order valence-electron chi connectivity index (χ1n) is 10.5. The summed E-state index contributed by atoms with van der Waals surface area (Å²) in [5, 5.41) is 3.08. The fourth-order valence-corrected chi connectivity index (χ4v) is 3.99. The molecule has 2 amide bonds. The van der Waals surface area contributed by atoms with Crippen LogP contribution in [0.2, 0.25) is 0 Å². The van der Waals surface area contributed by atoms with E-state index in [9.17, 15) is 14.0 Å². The van der Waals surface area contributed by atoms with Gasteiger partial charge in [-0.1, -0.05) is 56.0 Å². The highest BCUT2D eigenvalue weighted by molar-refractivity contribution is 6.12. The SMILES string of the molecule is O=C(CN1C(=O)C(=Cc2ccccc2F)Oc2ccccc21)NC1CCCCCC1. The van der Waals surface area contributed by atoms with Crippen molar-refractivity contribution in [3.05, 3.63) is 65.7 Å². The second-order valence-electron chi connectivity index (χ2n) is 7.75. The minimum Gasteiger partial charge on any atom is -0.449 e. The summed E-state index contributed by atoms with van der Waals surface area (Å²) in [4.78, 5) is 27.3. The Morgan fingerprint density at radius 3 is 2.53 bits per heavy atom. The maximum absolute atomic E-state index is 14.1. The van der Waals surface area contributed by atoms with Gasteiger partial charge < -0.3 is 10.1 Å². The number of hydrogen-bond donors (Lipinski definition) is 1. The minimum absolute atomic E-state index is 0.0129. The molecule has 6 heteroatoms. The van der Waals surface area contributed by atoms with Gasteiger partial charge in [0.1, 0.15) is 12.4 Å². The van der Waals surface area contributed by atoms with Crippen LogP contribution in [-0.4, -0.2) is 24.4 Å². The Labute approximate surface area is 175 Å². The molecule has 0 saturated heterocycles. The average molecular weight is 408 g/mol. The highest BCUT2D eigenvalue weighted by atomic mass is 19.1. The molecular formula is C24H25FN2O3. The summed E-state index contributed by atoms with van der Waals surface area (Å²) in [5.41, 5.74) is 0.785. The van der Waals surface area contributed by atoms with Gasteiger partial charge in [0.2, 0.25) is 5.91 Å². The molecule has 0 bridgehead atoms. The van der Waals surface area contributed by atoms with Gasteiger partial charge in [-0.2, -0.15) is 0 Å². The van der Waals surface area contributed by atoms with E-state index in [-0.39, 0.29) is 29.8 Å². The summed E-state index contributed by atoms with van der Waals surface area (Å²) in [6.07, 6.45) is 7.94. The minimum atomic E-state index is -0.465. The first kappa shape index (κ1) is 20.1. The van der Waals surface area contributed by atoms with Crippen LogP contribution in [0.1, 0.15) is 44.1 Å². The Hall–Kier alpha value is -3.15. The van der Waals surface area contributed by atoms with Crippen LogP contribution in [0, 0.1) is 5.82 Å². The molecular weight excluding hydrogens is 383 g/mol. The maximum Gasteiger partial charge on any atom is 0.294 e. The van der Waals surface area contributed by atoms with Crippen molar-refractivity contribution < 1.29 is 18.7 Å². The Kier molecular flexibility index (Phi) is 6.12. The maximum atomic E-state index is 14.1. The molecule has 5 nitrogen and oxygen atoms in total. The van der Waals surface area contributed by atoms with Crippen LogP contribution in [0.5, 0.6) is 5.75 Å². The van der Waals surface area contributed by atoms with Crippen molar-refractivity contribution >= 4 is 23.6 Å². The molecule has 1 saturated carbocycles. The number of para-hydroxylation sites is 2. The average Bonchev–Trinajstić information content (AvgIpc) is 3.01. The van der Waals surface area contributed by atoms with E-state index in [2.05, 4.69) is 5.32 Å². The molecule has 0 spiro atoms. The van der Waals surface area contributed by atoms with Crippen molar-refractivity contribution in [2.24, 2.45) is 0 Å². The van der Waals surface area contributed by atoms with Crippen molar-refractivity contribution in [1.29, 1.82) is 0 Å². The number of rotatable bonds is 4. The second kappa shape index (κ2) is 9.11. The number of amides is 2. The number of halogens is 1. The third kappa shape index (κ3) is 4.53. The fourth-order valence-electron chi connectivity index (χ4n) is 3.99. The third-order valence-corrected chi connectivity index (χ3v) is 5.55. The van der Waals surface area contributed by atoms with Crippen LogP contribution in [0.15, 0.2) is 54.3 Å². The molecule has 4 rings (SSSR count). The first-order chi connectivity index (χ1) is 14.6. The standard InChI is InChI=1S/C24H25FN2O3/c25-19-12-6-5-9-17(19)15-22-24(29)27(20-13-7-8-14-21(20)30-22)16-23(28)26-18-10-3-1-2-4-11-18/h5-9,12-15,18H,1-4,10-11,16H2,(H,26,28). The van der Waals surface area contributed by atoms with Crippen molar-refractivity contribution in [3.63, 3.8) is 0 Å². The Morgan fingerprint density at radius 1 is 1.07 bits per heavy atom.